The molecular weight excluding hydrogens is 194 g/mol. The van der Waals surface area contributed by atoms with Gasteiger partial charge in [0.1, 0.15) is 0 Å². The monoisotopic (exact) mass is 217 g/mol. The standard InChI is InChI=1S/C15H23N/c1-15(2)8-7-12-5-3-9-16-10-4-6-13(11-15)14(12)16/h7H,3-6,8-11H2,1-2H3. The Balaban J connectivity index is 2.05. The van der Waals surface area contributed by atoms with Crippen molar-refractivity contribution >= 4 is 0 Å². The van der Waals surface area contributed by atoms with Gasteiger partial charge in [0.15, 0.2) is 0 Å². The maximum absolute atomic E-state index is 2.66. The lowest BCUT2D eigenvalue weighted by Gasteiger charge is -2.39. The van der Waals surface area contributed by atoms with Gasteiger partial charge in [-0.2, -0.15) is 0 Å². The summed E-state index contributed by atoms with van der Waals surface area (Å²) in [6, 6.07) is 0. The van der Waals surface area contributed by atoms with Crippen LogP contribution in [0.5, 0.6) is 0 Å². The molecule has 1 heteroatoms. The number of nitrogens with zero attached hydrogens (tertiary/aromatic N) is 1. The maximum atomic E-state index is 2.66. The van der Waals surface area contributed by atoms with E-state index in [9.17, 15) is 0 Å². The Kier molecular flexibility index (Phi) is 2.38. The van der Waals surface area contributed by atoms with Crippen molar-refractivity contribution in [2.24, 2.45) is 5.41 Å². The highest BCUT2D eigenvalue weighted by Crippen LogP contribution is 2.43. The van der Waals surface area contributed by atoms with Crippen LogP contribution in [-0.4, -0.2) is 18.0 Å². The second-order valence-electron chi connectivity index (χ2n) is 6.42. The summed E-state index contributed by atoms with van der Waals surface area (Å²) >= 11 is 0. The Morgan fingerprint density at radius 3 is 2.69 bits per heavy atom. The zero-order valence-corrected chi connectivity index (χ0v) is 10.7. The first-order valence-electron chi connectivity index (χ1n) is 6.82. The third kappa shape index (κ3) is 1.70. The lowest BCUT2D eigenvalue weighted by atomic mass is 9.81. The van der Waals surface area contributed by atoms with Crippen molar-refractivity contribution < 1.29 is 0 Å². The SMILES string of the molecule is CC1(C)CC=C2CCCN3CCCC(=C23)C1. The quantitative estimate of drug-likeness (QED) is 0.595. The van der Waals surface area contributed by atoms with Crippen molar-refractivity contribution in [1.29, 1.82) is 0 Å². The average molecular weight is 217 g/mol. The van der Waals surface area contributed by atoms with Gasteiger partial charge in [-0.1, -0.05) is 19.9 Å². The van der Waals surface area contributed by atoms with Crippen LogP contribution < -0.4 is 0 Å². The van der Waals surface area contributed by atoms with Crippen LogP contribution in [0.4, 0.5) is 0 Å². The summed E-state index contributed by atoms with van der Waals surface area (Å²) in [4.78, 5) is 2.66. The molecule has 1 fully saturated rings. The molecule has 0 unspecified atom stereocenters. The van der Waals surface area contributed by atoms with E-state index in [4.69, 9.17) is 0 Å². The molecule has 0 aromatic rings. The molecule has 3 rings (SSSR count). The van der Waals surface area contributed by atoms with E-state index in [1.54, 1.807) is 16.8 Å². The summed E-state index contributed by atoms with van der Waals surface area (Å²) in [5.74, 6) is 0. The molecule has 3 aliphatic rings. The third-order valence-corrected chi connectivity index (χ3v) is 4.33. The topological polar surface area (TPSA) is 3.24 Å². The molecule has 2 aliphatic heterocycles. The number of piperidine rings is 1. The minimum Gasteiger partial charge on any atom is -0.371 e. The molecule has 0 aromatic carbocycles. The fourth-order valence-corrected chi connectivity index (χ4v) is 3.59. The molecule has 88 valence electrons. The molecule has 1 nitrogen and oxygen atoms in total. The molecule has 1 aliphatic carbocycles. The van der Waals surface area contributed by atoms with Gasteiger partial charge in [-0.3, -0.25) is 0 Å². The molecule has 0 bridgehead atoms. The van der Waals surface area contributed by atoms with Gasteiger partial charge in [-0.25, -0.2) is 0 Å². The van der Waals surface area contributed by atoms with E-state index < -0.39 is 0 Å². The Morgan fingerprint density at radius 1 is 1.12 bits per heavy atom. The van der Waals surface area contributed by atoms with Crippen LogP contribution in [0.1, 0.15) is 52.4 Å². The molecule has 16 heavy (non-hydrogen) atoms. The second kappa shape index (κ2) is 3.65. The summed E-state index contributed by atoms with van der Waals surface area (Å²) in [7, 11) is 0. The summed E-state index contributed by atoms with van der Waals surface area (Å²) < 4.78 is 0. The van der Waals surface area contributed by atoms with E-state index in [1.165, 1.54) is 51.6 Å². The molecule has 0 spiro atoms. The van der Waals surface area contributed by atoms with Crippen molar-refractivity contribution in [2.75, 3.05) is 13.1 Å². The highest BCUT2D eigenvalue weighted by Gasteiger charge is 2.31. The van der Waals surface area contributed by atoms with Crippen molar-refractivity contribution in [3.63, 3.8) is 0 Å². The van der Waals surface area contributed by atoms with Gasteiger partial charge >= 0.3 is 0 Å². The second-order valence-corrected chi connectivity index (χ2v) is 6.42. The van der Waals surface area contributed by atoms with Crippen LogP contribution in [-0.2, 0) is 0 Å². The van der Waals surface area contributed by atoms with Gasteiger partial charge in [-0.15, -0.1) is 0 Å². The van der Waals surface area contributed by atoms with Crippen LogP contribution >= 0.6 is 0 Å². The number of hydrogen-bond donors (Lipinski definition) is 0. The van der Waals surface area contributed by atoms with E-state index in [0.717, 1.165) is 0 Å². The van der Waals surface area contributed by atoms with E-state index >= 15 is 0 Å². The van der Waals surface area contributed by atoms with Crippen molar-refractivity contribution in [1.82, 2.24) is 4.90 Å². The van der Waals surface area contributed by atoms with Crippen molar-refractivity contribution in [2.45, 2.75) is 52.4 Å². The van der Waals surface area contributed by atoms with Crippen LogP contribution in [0.3, 0.4) is 0 Å². The lowest BCUT2D eigenvalue weighted by molar-refractivity contribution is 0.285. The molecule has 0 amide bonds. The predicted octanol–water partition coefficient (Wildman–Crippen LogP) is 3.88. The zero-order valence-electron chi connectivity index (χ0n) is 10.7. The maximum Gasteiger partial charge on any atom is 0.0387 e. The molecule has 0 atom stereocenters. The van der Waals surface area contributed by atoms with Crippen LogP contribution in [0.25, 0.3) is 0 Å². The average Bonchev–Trinajstić information content (AvgIpc) is 2.38. The largest absolute Gasteiger partial charge is 0.371 e. The lowest BCUT2D eigenvalue weighted by Crippen LogP contribution is -2.34. The highest BCUT2D eigenvalue weighted by molar-refractivity contribution is 5.39. The van der Waals surface area contributed by atoms with Gasteiger partial charge < -0.3 is 4.90 Å². The Morgan fingerprint density at radius 2 is 1.88 bits per heavy atom. The molecule has 0 radical (unpaired) electrons. The Bertz CT molecular complexity index is 360. The first kappa shape index (κ1) is 10.4. The molecule has 1 saturated heterocycles. The van der Waals surface area contributed by atoms with E-state index in [2.05, 4.69) is 24.8 Å². The molecule has 2 heterocycles. The highest BCUT2D eigenvalue weighted by atomic mass is 15.1. The Hall–Kier alpha value is -0.720. The van der Waals surface area contributed by atoms with Gasteiger partial charge in [-0.05, 0) is 55.1 Å². The zero-order chi connectivity index (χ0) is 11.2. The third-order valence-electron chi connectivity index (χ3n) is 4.33. The minimum absolute atomic E-state index is 0.482. The number of allylic oxidation sites excluding steroid dienone is 3. The molecule has 0 aromatic heterocycles. The molecule has 0 N–H and O–H groups in total. The summed E-state index contributed by atoms with van der Waals surface area (Å²) in [5, 5.41) is 0. The fraction of sp³-hybridized carbons (Fsp3) is 0.733. The predicted molar refractivity (Wildman–Crippen MR) is 68.2 cm³/mol. The summed E-state index contributed by atoms with van der Waals surface area (Å²) in [6.45, 7) is 7.45. The number of hydrogen-bond acceptors (Lipinski definition) is 1. The van der Waals surface area contributed by atoms with E-state index in [1.807, 2.05) is 0 Å². The Labute approximate surface area is 99.2 Å². The number of rotatable bonds is 0. The van der Waals surface area contributed by atoms with Crippen LogP contribution in [0, 0.1) is 5.41 Å². The van der Waals surface area contributed by atoms with Crippen molar-refractivity contribution in [3.8, 4) is 0 Å². The van der Waals surface area contributed by atoms with E-state index in [-0.39, 0.29) is 0 Å². The fourth-order valence-electron chi connectivity index (χ4n) is 3.59. The van der Waals surface area contributed by atoms with Gasteiger partial charge in [0.25, 0.3) is 0 Å². The first-order valence-corrected chi connectivity index (χ1v) is 6.82. The summed E-state index contributed by atoms with van der Waals surface area (Å²) in [6.07, 6.45) is 10.5. The van der Waals surface area contributed by atoms with Gasteiger partial charge in [0, 0.05) is 18.8 Å². The normalized spacial score (nSPS) is 28.4. The van der Waals surface area contributed by atoms with Crippen molar-refractivity contribution in [3.05, 3.63) is 22.9 Å². The summed E-state index contributed by atoms with van der Waals surface area (Å²) in [5.41, 5.74) is 5.59. The smallest absolute Gasteiger partial charge is 0.0387 e. The van der Waals surface area contributed by atoms with Crippen LogP contribution in [0.2, 0.25) is 0 Å². The first-order chi connectivity index (χ1) is 7.66. The van der Waals surface area contributed by atoms with E-state index in [0.29, 0.717) is 5.41 Å². The minimum atomic E-state index is 0.482. The van der Waals surface area contributed by atoms with Gasteiger partial charge in [0.05, 0.1) is 0 Å². The van der Waals surface area contributed by atoms with Gasteiger partial charge in [0.2, 0.25) is 0 Å². The van der Waals surface area contributed by atoms with Crippen LogP contribution in [0.15, 0.2) is 22.9 Å². The molecular formula is C15H23N. The molecule has 0 saturated carbocycles.